The third-order valence-electron chi connectivity index (χ3n) is 5.45. The SMILES string of the molecule is CCC1CN2CCCN2C12CC(=O)N(c1ccccc1)C2=O. The number of rotatable bonds is 2. The third-order valence-corrected chi connectivity index (χ3v) is 5.45. The smallest absolute Gasteiger partial charge is 0.256 e. The van der Waals surface area contributed by atoms with E-state index in [-0.39, 0.29) is 17.7 Å². The van der Waals surface area contributed by atoms with Crippen LogP contribution in [0.1, 0.15) is 26.2 Å². The molecule has 0 aliphatic carbocycles. The standard InChI is InChI=1S/C17H21N3O2/c1-2-13-12-18-9-6-10-19(18)17(13)11-15(21)20(16(17)22)14-7-4-3-5-8-14/h3-5,7-8,13H,2,6,9-12H2,1H3. The van der Waals surface area contributed by atoms with Crippen LogP contribution in [-0.2, 0) is 9.59 Å². The number of hydrogen-bond acceptors (Lipinski definition) is 4. The molecule has 5 nitrogen and oxygen atoms in total. The van der Waals surface area contributed by atoms with Crippen molar-refractivity contribution in [1.82, 2.24) is 10.0 Å². The molecule has 1 aromatic rings. The van der Waals surface area contributed by atoms with Crippen LogP contribution in [0.25, 0.3) is 0 Å². The number of hydrogen-bond donors (Lipinski definition) is 0. The number of anilines is 1. The molecular formula is C17H21N3O2. The van der Waals surface area contributed by atoms with Crippen molar-refractivity contribution < 1.29 is 9.59 Å². The molecule has 0 aromatic heterocycles. The van der Waals surface area contributed by atoms with Crippen molar-refractivity contribution in [2.75, 3.05) is 24.5 Å². The van der Waals surface area contributed by atoms with Crippen LogP contribution >= 0.6 is 0 Å². The molecule has 0 radical (unpaired) electrons. The van der Waals surface area contributed by atoms with Gasteiger partial charge in [0.15, 0.2) is 0 Å². The minimum absolute atomic E-state index is 0.0278. The van der Waals surface area contributed by atoms with Gasteiger partial charge in [-0.25, -0.2) is 14.9 Å². The lowest BCUT2D eigenvalue weighted by molar-refractivity contribution is -0.132. The Hall–Kier alpha value is -1.72. The van der Waals surface area contributed by atoms with Crippen LogP contribution in [0.3, 0.4) is 0 Å². The van der Waals surface area contributed by atoms with Gasteiger partial charge in [-0.3, -0.25) is 9.59 Å². The molecule has 1 spiro atoms. The zero-order chi connectivity index (χ0) is 15.3. The molecule has 22 heavy (non-hydrogen) atoms. The topological polar surface area (TPSA) is 43.9 Å². The van der Waals surface area contributed by atoms with Crippen molar-refractivity contribution >= 4 is 17.5 Å². The Labute approximate surface area is 130 Å². The predicted octanol–water partition coefficient (Wildman–Crippen LogP) is 1.65. The predicted molar refractivity (Wildman–Crippen MR) is 83.0 cm³/mol. The van der Waals surface area contributed by atoms with E-state index in [1.807, 2.05) is 30.3 Å². The number of hydrazine groups is 1. The minimum Gasteiger partial charge on any atom is -0.274 e. The molecule has 3 aliphatic heterocycles. The number of amides is 2. The third kappa shape index (κ3) is 1.66. The molecule has 0 saturated carbocycles. The number of para-hydroxylation sites is 1. The van der Waals surface area contributed by atoms with Crippen LogP contribution in [0, 0.1) is 5.92 Å². The first-order chi connectivity index (χ1) is 10.7. The summed E-state index contributed by atoms with van der Waals surface area (Å²) >= 11 is 0. The maximum absolute atomic E-state index is 13.3. The van der Waals surface area contributed by atoms with Gasteiger partial charge in [-0.1, -0.05) is 25.1 Å². The molecule has 1 aromatic carbocycles. The van der Waals surface area contributed by atoms with Gasteiger partial charge in [0.25, 0.3) is 5.91 Å². The zero-order valence-corrected chi connectivity index (χ0v) is 12.9. The summed E-state index contributed by atoms with van der Waals surface area (Å²) in [6.45, 7) is 4.92. The molecule has 3 saturated heterocycles. The van der Waals surface area contributed by atoms with Gasteiger partial charge in [0.2, 0.25) is 5.91 Å². The van der Waals surface area contributed by atoms with E-state index in [4.69, 9.17) is 0 Å². The van der Waals surface area contributed by atoms with E-state index in [1.54, 1.807) is 0 Å². The largest absolute Gasteiger partial charge is 0.274 e. The van der Waals surface area contributed by atoms with Crippen LogP contribution in [0.15, 0.2) is 30.3 Å². The first-order valence-electron chi connectivity index (χ1n) is 8.13. The first-order valence-corrected chi connectivity index (χ1v) is 8.13. The minimum atomic E-state index is -0.641. The lowest BCUT2D eigenvalue weighted by Crippen LogP contribution is -2.55. The summed E-state index contributed by atoms with van der Waals surface area (Å²) in [5.74, 6) is 0.140. The lowest BCUT2D eigenvalue weighted by Gasteiger charge is -2.35. The summed E-state index contributed by atoms with van der Waals surface area (Å²) in [6, 6.07) is 9.32. The summed E-state index contributed by atoms with van der Waals surface area (Å²) in [6.07, 6.45) is 2.31. The van der Waals surface area contributed by atoms with Gasteiger partial charge in [-0.15, -0.1) is 0 Å². The van der Waals surface area contributed by atoms with Gasteiger partial charge in [0, 0.05) is 25.6 Å². The van der Waals surface area contributed by atoms with Gasteiger partial charge in [-0.05, 0) is 25.0 Å². The quantitative estimate of drug-likeness (QED) is 0.779. The van der Waals surface area contributed by atoms with Crippen LogP contribution in [0.4, 0.5) is 5.69 Å². The van der Waals surface area contributed by atoms with Crippen molar-refractivity contribution in [1.29, 1.82) is 0 Å². The second-order valence-electron chi connectivity index (χ2n) is 6.47. The molecular weight excluding hydrogens is 278 g/mol. The Kier molecular flexibility index (Phi) is 3.09. The Bertz CT molecular complexity index is 618. The highest BCUT2D eigenvalue weighted by molar-refractivity contribution is 6.24. The molecule has 2 amide bonds. The highest BCUT2D eigenvalue weighted by atomic mass is 16.2. The summed E-state index contributed by atoms with van der Waals surface area (Å²) in [7, 11) is 0. The number of imide groups is 1. The van der Waals surface area contributed by atoms with Gasteiger partial charge in [-0.2, -0.15) is 0 Å². The number of fused-ring (bicyclic) bond motifs is 2. The van der Waals surface area contributed by atoms with Gasteiger partial charge < -0.3 is 0 Å². The maximum atomic E-state index is 13.3. The van der Waals surface area contributed by atoms with Crippen molar-refractivity contribution in [3.05, 3.63) is 30.3 Å². The molecule has 2 atom stereocenters. The van der Waals surface area contributed by atoms with E-state index < -0.39 is 5.54 Å². The van der Waals surface area contributed by atoms with E-state index in [2.05, 4.69) is 16.9 Å². The molecule has 116 valence electrons. The van der Waals surface area contributed by atoms with Crippen molar-refractivity contribution in [3.63, 3.8) is 0 Å². The van der Waals surface area contributed by atoms with E-state index in [0.717, 1.165) is 32.5 Å². The zero-order valence-electron chi connectivity index (χ0n) is 12.9. The number of nitrogens with zero attached hydrogens (tertiary/aromatic N) is 3. The molecule has 4 rings (SSSR count). The molecule has 2 unspecified atom stereocenters. The van der Waals surface area contributed by atoms with Crippen molar-refractivity contribution in [2.45, 2.75) is 31.7 Å². The Morgan fingerprint density at radius 2 is 1.95 bits per heavy atom. The molecule has 0 N–H and O–H groups in total. The fourth-order valence-electron chi connectivity index (χ4n) is 4.44. The van der Waals surface area contributed by atoms with Gasteiger partial charge in [0.1, 0.15) is 5.54 Å². The Morgan fingerprint density at radius 1 is 1.18 bits per heavy atom. The maximum Gasteiger partial charge on any atom is 0.256 e. The molecule has 3 fully saturated rings. The monoisotopic (exact) mass is 299 g/mol. The van der Waals surface area contributed by atoms with E-state index in [0.29, 0.717) is 12.1 Å². The van der Waals surface area contributed by atoms with Crippen LogP contribution < -0.4 is 4.90 Å². The molecule has 3 aliphatic rings. The summed E-state index contributed by atoms with van der Waals surface area (Å²) in [5.41, 5.74) is 0.0555. The fourth-order valence-corrected chi connectivity index (χ4v) is 4.44. The van der Waals surface area contributed by atoms with E-state index >= 15 is 0 Å². The van der Waals surface area contributed by atoms with Crippen molar-refractivity contribution in [2.24, 2.45) is 5.92 Å². The second kappa shape index (κ2) is 4.89. The van der Waals surface area contributed by atoms with Crippen molar-refractivity contribution in [3.8, 4) is 0 Å². The summed E-state index contributed by atoms with van der Waals surface area (Å²) in [5, 5.41) is 4.48. The van der Waals surface area contributed by atoms with E-state index in [1.165, 1.54) is 4.90 Å². The fraction of sp³-hybridized carbons (Fsp3) is 0.529. The van der Waals surface area contributed by atoms with Gasteiger partial charge in [0.05, 0.1) is 12.1 Å². The molecule has 3 heterocycles. The summed E-state index contributed by atoms with van der Waals surface area (Å²) in [4.78, 5) is 27.4. The molecule has 5 heteroatoms. The number of carbonyl (C=O) groups excluding carboxylic acids is 2. The Balaban J connectivity index is 1.77. The number of benzene rings is 1. The lowest BCUT2D eigenvalue weighted by atomic mass is 9.81. The highest BCUT2D eigenvalue weighted by Crippen LogP contribution is 2.47. The van der Waals surface area contributed by atoms with Gasteiger partial charge >= 0.3 is 0 Å². The normalized spacial score (nSPS) is 32.4. The summed E-state index contributed by atoms with van der Waals surface area (Å²) < 4.78 is 0. The highest BCUT2D eigenvalue weighted by Gasteiger charge is 2.64. The second-order valence-corrected chi connectivity index (χ2v) is 6.47. The van der Waals surface area contributed by atoms with Crippen LogP contribution in [-0.4, -0.2) is 47.0 Å². The number of carbonyl (C=O) groups is 2. The first kappa shape index (κ1) is 13.9. The van der Waals surface area contributed by atoms with Crippen LogP contribution in [0.2, 0.25) is 0 Å². The van der Waals surface area contributed by atoms with E-state index in [9.17, 15) is 9.59 Å². The Morgan fingerprint density at radius 3 is 2.68 bits per heavy atom. The average Bonchev–Trinajstić information content (AvgIpc) is 3.16. The average molecular weight is 299 g/mol. The van der Waals surface area contributed by atoms with Crippen LogP contribution in [0.5, 0.6) is 0 Å². The molecule has 0 bridgehead atoms.